The average molecular weight is 427 g/mol. The summed E-state index contributed by atoms with van der Waals surface area (Å²) >= 11 is 6.33. The second-order valence-corrected chi connectivity index (χ2v) is 8.60. The van der Waals surface area contributed by atoms with Crippen LogP contribution in [-0.2, 0) is 4.74 Å². The van der Waals surface area contributed by atoms with Gasteiger partial charge in [0.15, 0.2) is 0 Å². The van der Waals surface area contributed by atoms with E-state index in [1.807, 2.05) is 24.4 Å². The number of hydrogen-bond donors (Lipinski definition) is 1. The number of ether oxygens (including phenoxy) is 1. The van der Waals surface area contributed by atoms with Crippen LogP contribution in [0.5, 0.6) is 0 Å². The molecular weight excluding hydrogens is 400 g/mol. The lowest BCUT2D eigenvalue weighted by Gasteiger charge is -2.39. The van der Waals surface area contributed by atoms with E-state index in [0.29, 0.717) is 18.2 Å². The molecule has 0 radical (unpaired) electrons. The number of nitrogens with one attached hydrogen (secondary N) is 1. The third-order valence-electron chi connectivity index (χ3n) is 6.19. The van der Waals surface area contributed by atoms with E-state index in [2.05, 4.69) is 26.2 Å². The fourth-order valence-electron chi connectivity index (χ4n) is 4.43. The first kappa shape index (κ1) is 19.7. The lowest BCUT2D eigenvalue weighted by Crippen LogP contribution is -2.54. The molecule has 1 aliphatic carbocycles. The van der Waals surface area contributed by atoms with Gasteiger partial charge >= 0.3 is 0 Å². The Balaban J connectivity index is 1.69. The van der Waals surface area contributed by atoms with E-state index in [4.69, 9.17) is 26.3 Å². The fourth-order valence-corrected chi connectivity index (χ4v) is 4.62. The number of benzene rings is 1. The first-order valence-electron chi connectivity index (χ1n) is 10.6. The minimum absolute atomic E-state index is 0.164. The summed E-state index contributed by atoms with van der Waals surface area (Å²) in [5.41, 5.74) is 2.99. The van der Waals surface area contributed by atoms with Crippen LogP contribution < -0.4 is 15.1 Å². The molecule has 3 fully saturated rings. The minimum Gasteiger partial charge on any atom is -0.378 e. The maximum atomic E-state index is 6.33. The van der Waals surface area contributed by atoms with E-state index >= 15 is 0 Å². The normalized spacial score (nSPS) is 20.9. The number of anilines is 2. The second kappa shape index (κ2) is 8.13. The summed E-state index contributed by atoms with van der Waals surface area (Å²) in [7, 11) is 1.80. The zero-order chi connectivity index (χ0) is 20.6. The van der Waals surface area contributed by atoms with Gasteiger partial charge in [-0.15, -0.1) is 0 Å². The molecule has 2 saturated heterocycles. The number of aliphatic imine (C=N–C) groups is 1. The van der Waals surface area contributed by atoms with Crippen molar-refractivity contribution in [2.45, 2.75) is 18.4 Å². The number of aromatic nitrogens is 2. The van der Waals surface area contributed by atoms with Gasteiger partial charge in [-0.25, -0.2) is 4.98 Å². The van der Waals surface area contributed by atoms with Gasteiger partial charge in [-0.3, -0.25) is 4.99 Å². The standard InChI is InChI=1S/C22H27ClN6O/c1-24-14-18-19(16-3-2-4-17(23)13-16)26-21(28-9-11-30-12-10-28)27-20(18)29-8-7-25-15-22(29)5-6-22/h2-4,13-14,25H,5-12,15H2,1H3. The molecule has 0 unspecified atom stereocenters. The molecule has 2 aromatic rings. The number of hydrogen-bond acceptors (Lipinski definition) is 7. The van der Waals surface area contributed by atoms with Crippen molar-refractivity contribution in [3.8, 4) is 11.3 Å². The Bertz CT molecular complexity index is 955. The highest BCUT2D eigenvalue weighted by molar-refractivity contribution is 6.30. The molecule has 30 heavy (non-hydrogen) atoms. The Morgan fingerprint density at radius 3 is 2.77 bits per heavy atom. The van der Waals surface area contributed by atoms with E-state index in [0.717, 1.165) is 61.3 Å². The Labute approximate surface area is 182 Å². The Hall–Kier alpha value is -2.22. The molecule has 1 spiro atoms. The molecule has 7 nitrogen and oxygen atoms in total. The Kier molecular flexibility index (Phi) is 5.35. The van der Waals surface area contributed by atoms with E-state index < -0.39 is 0 Å². The molecule has 0 bridgehead atoms. The molecule has 1 aromatic heterocycles. The summed E-state index contributed by atoms with van der Waals surface area (Å²) in [5.74, 6) is 1.73. The summed E-state index contributed by atoms with van der Waals surface area (Å²) in [6, 6.07) is 7.88. The topological polar surface area (TPSA) is 65.9 Å². The summed E-state index contributed by atoms with van der Waals surface area (Å²) < 4.78 is 5.55. The number of rotatable bonds is 4. The van der Waals surface area contributed by atoms with Crippen LogP contribution in [0.4, 0.5) is 11.8 Å². The number of halogens is 1. The highest BCUT2D eigenvalue weighted by atomic mass is 35.5. The van der Waals surface area contributed by atoms with Crippen molar-refractivity contribution >= 4 is 29.6 Å². The number of morpholine rings is 1. The molecular formula is C22H27ClN6O. The van der Waals surface area contributed by atoms with Crippen LogP contribution in [0.3, 0.4) is 0 Å². The molecule has 1 aromatic carbocycles. The quantitative estimate of drug-likeness (QED) is 0.758. The van der Waals surface area contributed by atoms with Crippen molar-refractivity contribution < 1.29 is 4.74 Å². The van der Waals surface area contributed by atoms with Crippen LogP contribution in [0.15, 0.2) is 29.3 Å². The van der Waals surface area contributed by atoms with Crippen LogP contribution in [0.1, 0.15) is 18.4 Å². The summed E-state index contributed by atoms with van der Waals surface area (Å²) in [6.07, 6.45) is 4.27. The van der Waals surface area contributed by atoms with Crippen molar-refractivity contribution in [2.75, 3.05) is 62.8 Å². The van der Waals surface area contributed by atoms with Gasteiger partial charge in [-0.2, -0.15) is 4.98 Å². The maximum absolute atomic E-state index is 6.33. The van der Waals surface area contributed by atoms with E-state index in [1.165, 1.54) is 12.8 Å². The van der Waals surface area contributed by atoms with Crippen LogP contribution in [0, 0.1) is 0 Å². The molecule has 3 aliphatic rings. The Morgan fingerprint density at radius 2 is 2.03 bits per heavy atom. The van der Waals surface area contributed by atoms with Gasteiger partial charge in [-0.1, -0.05) is 23.7 Å². The minimum atomic E-state index is 0.164. The highest BCUT2D eigenvalue weighted by Gasteiger charge is 2.50. The van der Waals surface area contributed by atoms with Crippen molar-refractivity contribution in [3.05, 3.63) is 34.9 Å². The van der Waals surface area contributed by atoms with Crippen molar-refractivity contribution in [1.29, 1.82) is 0 Å². The third-order valence-corrected chi connectivity index (χ3v) is 6.42. The summed E-state index contributed by atoms with van der Waals surface area (Å²) in [5, 5.41) is 4.25. The predicted molar refractivity (Wildman–Crippen MR) is 121 cm³/mol. The summed E-state index contributed by atoms with van der Waals surface area (Å²) in [6.45, 7) is 5.86. The monoisotopic (exact) mass is 426 g/mol. The average Bonchev–Trinajstić information content (AvgIpc) is 3.54. The van der Waals surface area contributed by atoms with Crippen molar-refractivity contribution in [1.82, 2.24) is 15.3 Å². The van der Waals surface area contributed by atoms with E-state index in [1.54, 1.807) is 7.05 Å². The molecule has 1 saturated carbocycles. The van der Waals surface area contributed by atoms with E-state index in [9.17, 15) is 0 Å². The van der Waals surface area contributed by atoms with Crippen LogP contribution >= 0.6 is 11.6 Å². The van der Waals surface area contributed by atoms with Gasteiger partial charge in [0.25, 0.3) is 0 Å². The molecule has 1 N–H and O–H groups in total. The predicted octanol–water partition coefficient (Wildman–Crippen LogP) is 2.62. The van der Waals surface area contributed by atoms with E-state index in [-0.39, 0.29) is 5.54 Å². The Morgan fingerprint density at radius 1 is 1.20 bits per heavy atom. The van der Waals surface area contributed by atoms with Crippen LogP contribution in [0.25, 0.3) is 11.3 Å². The lowest BCUT2D eigenvalue weighted by atomic mass is 10.0. The third kappa shape index (κ3) is 3.66. The molecule has 158 valence electrons. The maximum Gasteiger partial charge on any atom is 0.228 e. The highest BCUT2D eigenvalue weighted by Crippen LogP contribution is 2.46. The zero-order valence-corrected chi connectivity index (χ0v) is 18.0. The van der Waals surface area contributed by atoms with Crippen molar-refractivity contribution in [2.24, 2.45) is 4.99 Å². The number of nitrogens with zero attached hydrogens (tertiary/aromatic N) is 5. The zero-order valence-electron chi connectivity index (χ0n) is 17.3. The van der Waals surface area contributed by atoms with Gasteiger partial charge in [0.2, 0.25) is 5.95 Å². The van der Waals surface area contributed by atoms with Gasteiger partial charge in [0.05, 0.1) is 30.0 Å². The SMILES string of the molecule is CN=Cc1c(-c2cccc(Cl)c2)nc(N2CCOCC2)nc1N1CCNCC12CC2. The second-order valence-electron chi connectivity index (χ2n) is 8.16. The van der Waals surface area contributed by atoms with Gasteiger partial charge in [-0.05, 0) is 25.0 Å². The fraction of sp³-hybridized carbons (Fsp3) is 0.500. The van der Waals surface area contributed by atoms with Crippen LogP contribution in [0.2, 0.25) is 5.02 Å². The first-order chi connectivity index (χ1) is 14.7. The first-order valence-corrected chi connectivity index (χ1v) is 11.0. The van der Waals surface area contributed by atoms with Gasteiger partial charge in [0, 0.05) is 56.6 Å². The largest absolute Gasteiger partial charge is 0.378 e. The van der Waals surface area contributed by atoms with Crippen LogP contribution in [-0.4, -0.2) is 74.7 Å². The van der Waals surface area contributed by atoms with Crippen molar-refractivity contribution in [3.63, 3.8) is 0 Å². The number of piperazine rings is 1. The molecule has 0 atom stereocenters. The lowest BCUT2D eigenvalue weighted by molar-refractivity contribution is 0.122. The molecule has 0 amide bonds. The van der Waals surface area contributed by atoms with Gasteiger partial charge < -0.3 is 19.9 Å². The van der Waals surface area contributed by atoms with Gasteiger partial charge in [0.1, 0.15) is 5.82 Å². The molecule has 5 rings (SSSR count). The molecule has 8 heteroatoms. The molecule has 3 heterocycles. The summed E-state index contributed by atoms with van der Waals surface area (Å²) in [4.78, 5) is 19.2. The smallest absolute Gasteiger partial charge is 0.228 e. The molecule has 2 aliphatic heterocycles.